The Labute approximate surface area is 179 Å². The lowest BCUT2D eigenvalue weighted by Gasteiger charge is -2.10. The first-order chi connectivity index (χ1) is 15.2. The van der Waals surface area contributed by atoms with Crippen molar-refractivity contribution in [2.45, 2.75) is 19.0 Å². The van der Waals surface area contributed by atoms with Gasteiger partial charge >= 0.3 is 6.18 Å². The van der Waals surface area contributed by atoms with Crippen molar-refractivity contribution in [2.24, 2.45) is 10.7 Å². The standard InChI is InChI=1S/C18H17F3N10O/c19-18(20,21)11-6-10(7-26-16(11)23)12-3-4-14-28-13(8-31(14)30-12)29-15(32)2-1-5-25-17(24)27-9-22/h3-4,6-8H,1-2,5H2,(H2,23,26)(H,29,32)(H3,24,25,27). The van der Waals surface area contributed by atoms with Gasteiger partial charge in [-0.2, -0.15) is 23.5 Å². The summed E-state index contributed by atoms with van der Waals surface area (Å²) in [6.45, 7) is 0.343. The normalized spacial score (nSPS) is 11.9. The summed E-state index contributed by atoms with van der Waals surface area (Å²) in [5.74, 6) is -0.743. The fourth-order valence-corrected chi connectivity index (χ4v) is 2.70. The molecule has 3 rings (SSSR count). The van der Waals surface area contributed by atoms with Crippen LogP contribution in [0.15, 0.2) is 35.6 Å². The van der Waals surface area contributed by atoms with Crippen LogP contribution in [-0.4, -0.2) is 38.0 Å². The van der Waals surface area contributed by atoms with Crippen LogP contribution in [0, 0.1) is 11.5 Å². The summed E-state index contributed by atoms with van der Waals surface area (Å²) in [5.41, 5.74) is 10.4. The van der Waals surface area contributed by atoms with Crippen LogP contribution in [0.4, 0.5) is 24.8 Å². The van der Waals surface area contributed by atoms with E-state index in [0.717, 1.165) is 6.07 Å². The maximum absolute atomic E-state index is 13.1. The van der Waals surface area contributed by atoms with E-state index in [-0.39, 0.29) is 35.4 Å². The third kappa shape index (κ3) is 5.39. The quantitative estimate of drug-likeness (QED) is 0.191. The molecule has 0 bridgehead atoms. The summed E-state index contributed by atoms with van der Waals surface area (Å²) >= 11 is 0. The van der Waals surface area contributed by atoms with Crippen LogP contribution >= 0.6 is 0 Å². The predicted octanol–water partition coefficient (Wildman–Crippen LogP) is 1.50. The summed E-state index contributed by atoms with van der Waals surface area (Å²) in [7, 11) is 0. The number of nitriles is 1. The van der Waals surface area contributed by atoms with Gasteiger partial charge in [0.05, 0.1) is 17.5 Å². The Bertz CT molecular complexity index is 1210. The molecule has 3 aromatic rings. The number of aromatic nitrogens is 4. The fourth-order valence-electron chi connectivity index (χ4n) is 2.70. The van der Waals surface area contributed by atoms with E-state index in [9.17, 15) is 18.0 Å². The fraction of sp³-hybridized carbons (Fsp3) is 0.222. The van der Waals surface area contributed by atoms with Gasteiger partial charge in [0.1, 0.15) is 5.82 Å². The number of hydrogen-bond acceptors (Lipinski definition) is 7. The Morgan fingerprint density at radius 2 is 2.12 bits per heavy atom. The number of rotatable bonds is 6. The number of carbonyl (C=O) groups is 1. The van der Waals surface area contributed by atoms with Crippen molar-refractivity contribution >= 4 is 29.1 Å². The average molecular weight is 446 g/mol. The van der Waals surface area contributed by atoms with Gasteiger partial charge in [0.2, 0.25) is 18.1 Å². The summed E-state index contributed by atoms with van der Waals surface area (Å²) in [6, 6.07) is 3.90. The number of carbonyl (C=O) groups excluding carboxylic acids is 1. The summed E-state index contributed by atoms with van der Waals surface area (Å²) in [6.07, 6.45) is 0.0912. The molecule has 0 radical (unpaired) electrons. The molecular formula is C18H17F3N10O. The first-order valence-electron chi connectivity index (χ1n) is 9.13. The highest BCUT2D eigenvalue weighted by Crippen LogP contribution is 2.34. The Morgan fingerprint density at radius 3 is 2.84 bits per heavy atom. The second-order valence-electron chi connectivity index (χ2n) is 6.48. The smallest absolute Gasteiger partial charge is 0.383 e. The van der Waals surface area contributed by atoms with E-state index in [2.05, 4.69) is 30.7 Å². The zero-order valence-corrected chi connectivity index (χ0v) is 16.4. The summed E-state index contributed by atoms with van der Waals surface area (Å²) in [4.78, 5) is 23.2. The van der Waals surface area contributed by atoms with Crippen LogP contribution in [0.2, 0.25) is 0 Å². The van der Waals surface area contributed by atoms with E-state index in [1.165, 1.54) is 29.2 Å². The van der Waals surface area contributed by atoms with Crippen molar-refractivity contribution in [1.29, 1.82) is 5.26 Å². The molecule has 1 amide bonds. The molecular weight excluding hydrogens is 429 g/mol. The van der Waals surface area contributed by atoms with Crippen molar-refractivity contribution in [1.82, 2.24) is 24.9 Å². The summed E-state index contributed by atoms with van der Waals surface area (Å²) in [5, 5.41) is 17.9. The molecule has 0 saturated carbocycles. The number of nitrogens with two attached hydrogens (primary N) is 2. The molecule has 11 nitrogen and oxygen atoms in total. The third-order valence-electron chi connectivity index (χ3n) is 4.16. The Balaban J connectivity index is 1.68. The number of nitrogens with zero attached hydrogens (tertiary/aromatic N) is 6. The first kappa shape index (κ1) is 22.3. The Hall–Kier alpha value is -4.41. The molecule has 32 heavy (non-hydrogen) atoms. The number of pyridine rings is 1. The zero-order chi connectivity index (χ0) is 23.3. The lowest BCUT2D eigenvalue weighted by molar-refractivity contribution is -0.137. The van der Waals surface area contributed by atoms with Crippen LogP contribution in [0.5, 0.6) is 0 Å². The number of guanidine groups is 1. The minimum absolute atomic E-state index is 0.0335. The topological polar surface area (TPSA) is 172 Å². The van der Waals surface area contributed by atoms with Gasteiger partial charge in [-0.1, -0.05) is 0 Å². The maximum atomic E-state index is 13.1. The van der Waals surface area contributed by atoms with Crippen molar-refractivity contribution in [2.75, 3.05) is 17.6 Å². The van der Waals surface area contributed by atoms with Crippen molar-refractivity contribution in [3.63, 3.8) is 0 Å². The first-order valence-corrected chi connectivity index (χ1v) is 9.13. The van der Waals surface area contributed by atoms with E-state index < -0.39 is 17.6 Å². The van der Waals surface area contributed by atoms with Gasteiger partial charge in [0.15, 0.2) is 11.5 Å². The second kappa shape index (κ2) is 9.16. The number of imidazole rings is 1. The van der Waals surface area contributed by atoms with Gasteiger partial charge in [-0.3, -0.25) is 4.79 Å². The van der Waals surface area contributed by atoms with Gasteiger partial charge in [0, 0.05) is 24.7 Å². The van der Waals surface area contributed by atoms with Gasteiger partial charge in [-0.15, -0.1) is 4.99 Å². The minimum Gasteiger partial charge on any atom is -0.383 e. The molecule has 3 heterocycles. The molecule has 0 unspecified atom stereocenters. The molecule has 14 heteroatoms. The molecule has 0 aliphatic heterocycles. The number of hydrogen-bond donors (Lipinski definition) is 4. The average Bonchev–Trinajstić information content (AvgIpc) is 3.12. The molecule has 166 valence electrons. The number of halogens is 3. The van der Waals surface area contributed by atoms with Crippen LogP contribution in [0.1, 0.15) is 18.4 Å². The van der Waals surface area contributed by atoms with Crippen molar-refractivity contribution < 1.29 is 18.0 Å². The predicted molar refractivity (Wildman–Crippen MR) is 109 cm³/mol. The maximum Gasteiger partial charge on any atom is 0.419 e. The van der Waals surface area contributed by atoms with Gasteiger partial charge in [-0.25, -0.2) is 14.5 Å². The molecule has 0 saturated heterocycles. The van der Waals surface area contributed by atoms with E-state index in [1.54, 1.807) is 6.07 Å². The van der Waals surface area contributed by atoms with Gasteiger partial charge in [-0.05, 0) is 24.6 Å². The zero-order valence-electron chi connectivity index (χ0n) is 16.4. The molecule has 0 aliphatic rings. The van der Waals surface area contributed by atoms with E-state index in [1.807, 2.05) is 0 Å². The molecule has 0 spiro atoms. The van der Waals surface area contributed by atoms with Gasteiger partial charge in [0.25, 0.3) is 0 Å². The van der Waals surface area contributed by atoms with Crippen LogP contribution in [0.3, 0.4) is 0 Å². The van der Waals surface area contributed by atoms with E-state index in [0.29, 0.717) is 18.6 Å². The van der Waals surface area contributed by atoms with E-state index in [4.69, 9.17) is 16.7 Å². The Morgan fingerprint density at radius 1 is 1.34 bits per heavy atom. The highest BCUT2D eigenvalue weighted by molar-refractivity contribution is 5.90. The number of nitrogens with one attached hydrogen (secondary N) is 2. The molecule has 0 aromatic carbocycles. The van der Waals surface area contributed by atoms with Crippen molar-refractivity contribution in [3.8, 4) is 17.5 Å². The van der Waals surface area contributed by atoms with Crippen LogP contribution in [0.25, 0.3) is 16.9 Å². The highest BCUT2D eigenvalue weighted by Gasteiger charge is 2.34. The SMILES string of the molecule is N#C/N=C(/N)NCCCC(=O)Nc1cn2nc(-c3cnc(N)c(C(F)(F)F)c3)ccc2n1. The monoisotopic (exact) mass is 446 g/mol. The number of amides is 1. The largest absolute Gasteiger partial charge is 0.419 e. The number of aliphatic imine (C=N–C) groups is 1. The molecule has 0 atom stereocenters. The number of anilines is 2. The lowest BCUT2D eigenvalue weighted by Crippen LogP contribution is -2.32. The molecule has 3 aromatic heterocycles. The highest BCUT2D eigenvalue weighted by atomic mass is 19.4. The summed E-state index contributed by atoms with van der Waals surface area (Å²) < 4.78 is 40.6. The molecule has 0 fully saturated rings. The minimum atomic E-state index is -4.65. The van der Waals surface area contributed by atoms with Gasteiger partial charge < -0.3 is 22.1 Å². The van der Waals surface area contributed by atoms with Crippen molar-refractivity contribution in [3.05, 3.63) is 36.2 Å². The second-order valence-corrected chi connectivity index (χ2v) is 6.48. The van der Waals surface area contributed by atoms with E-state index >= 15 is 0 Å². The number of alkyl halides is 3. The molecule has 6 N–H and O–H groups in total. The van der Waals surface area contributed by atoms with Crippen LogP contribution in [-0.2, 0) is 11.0 Å². The molecule has 0 aliphatic carbocycles. The Kier molecular flexibility index (Phi) is 6.38. The number of fused-ring (bicyclic) bond motifs is 1. The number of nitrogen functional groups attached to an aromatic ring is 1. The third-order valence-corrected chi connectivity index (χ3v) is 4.16. The lowest BCUT2D eigenvalue weighted by atomic mass is 10.1. The van der Waals surface area contributed by atoms with Crippen LogP contribution < -0.4 is 22.1 Å².